The van der Waals surface area contributed by atoms with Crippen molar-refractivity contribution >= 4 is 15.9 Å². The Morgan fingerprint density at radius 2 is 2.11 bits per heavy atom. The lowest BCUT2D eigenvalue weighted by Crippen LogP contribution is -2.22. The van der Waals surface area contributed by atoms with Crippen LogP contribution in [-0.4, -0.2) is 21.4 Å². The van der Waals surface area contributed by atoms with Crippen LogP contribution in [0.4, 0.5) is 0 Å². The largest absolute Gasteiger partial charge is 0.467 e. The van der Waals surface area contributed by atoms with Gasteiger partial charge in [0.2, 0.25) is 5.09 Å². The molecule has 1 amide bonds. The zero-order chi connectivity index (χ0) is 13.9. The second kappa shape index (κ2) is 5.29. The maximum atomic E-state index is 11.7. The zero-order valence-corrected chi connectivity index (χ0v) is 10.9. The number of sulfonamides is 1. The molecule has 0 aliphatic heterocycles. The van der Waals surface area contributed by atoms with E-state index in [1.54, 1.807) is 12.1 Å². The van der Waals surface area contributed by atoms with E-state index in [1.807, 2.05) is 0 Å². The van der Waals surface area contributed by atoms with Gasteiger partial charge in [0.25, 0.3) is 15.9 Å². The van der Waals surface area contributed by atoms with Crippen LogP contribution >= 0.6 is 0 Å². The van der Waals surface area contributed by atoms with Crippen LogP contribution in [0.3, 0.4) is 0 Å². The summed E-state index contributed by atoms with van der Waals surface area (Å²) in [6.07, 6.45) is 1.49. The molecule has 0 saturated heterocycles. The van der Waals surface area contributed by atoms with E-state index in [0.717, 1.165) is 0 Å². The summed E-state index contributed by atoms with van der Waals surface area (Å²) in [6, 6.07) is 5.92. The molecule has 0 unspecified atom stereocenters. The van der Waals surface area contributed by atoms with Crippen molar-refractivity contribution in [3.8, 4) is 0 Å². The third kappa shape index (κ3) is 3.04. The maximum absolute atomic E-state index is 11.7. The van der Waals surface area contributed by atoms with Gasteiger partial charge in [-0.25, -0.2) is 13.1 Å². The fraction of sp³-hybridized carbons (Fsp3) is 0.182. The van der Waals surface area contributed by atoms with Gasteiger partial charge in [-0.05, 0) is 31.3 Å². The van der Waals surface area contributed by atoms with Gasteiger partial charge in [-0.15, -0.1) is 0 Å². The topological polar surface area (TPSA) is 102 Å². The predicted molar refractivity (Wildman–Crippen MR) is 64.8 cm³/mol. The smallest absolute Gasteiger partial charge is 0.287 e. The second-order valence-electron chi connectivity index (χ2n) is 3.59. The van der Waals surface area contributed by atoms with Crippen LogP contribution in [0, 0.1) is 0 Å². The molecule has 0 spiro atoms. The Hall–Kier alpha value is -2.06. The van der Waals surface area contributed by atoms with Crippen LogP contribution in [0.2, 0.25) is 0 Å². The highest BCUT2D eigenvalue weighted by atomic mass is 32.2. The number of carbonyl (C=O) groups excluding carboxylic acids is 1. The number of rotatable bonds is 5. The Morgan fingerprint density at radius 1 is 1.32 bits per heavy atom. The minimum absolute atomic E-state index is 0.0830. The quantitative estimate of drug-likeness (QED) is 0.842. The average molecular weight is 284 g/mol. The molecule has 2 heterocycles. The first-order valence-electron chi connectivity index (χ1n) is 5.37. The molecule has 0 radical (unpaired) electrons. The lowest BCUT2D eigenvalue weighted by Gasteiger charge is -2.00. The monoisotopic (exact) mass is 284 g/mol. The van der Waals surface area contributed by atoms with E-state index in [-0.39, 0.29) is 17.4 Å². The molecule has 102 valence electrons. The van der Waals surface area contributed by atoms with Gasteiger partial charge in [0.15, 0.2) is 5.76 Å². The number of hydrogen-bond acceptors (Lipinski definition) is 5. The van der Waals surface area contributed by atoms with Crippen LogP contribution < -0.4 is 10.0 Å². The van der Waals surface area contributed by atoms with E-state index in [2.05, 4.69) is 10.0 Å². The first-order chi connectivity index (χ1) is 9.03. The Balaban J connectivity index is 2.04. The van der Waals surface area contributed by atoms with Crippen LogP contribution in [0.1, 0.15) is 16.3 Å². The maximum Gasteiger partial charge on any atom is 0.287 e. The lowest BCUT2D eigenvalue weighted by molar-refractivity contribution is 0.0915. The molecule has 0 aliphatic rings. The predicted octanol–water partition coefficient (Wildman–Crippen LogP) is 0.711. The van der Waals surface area contributed by atoms with Crippen molar-refractivity contribution in [1.29, 1.82) is 0 Å². The molecule has 0 aromatic carbocycles. The summed E-state index contributed by atoms with van der Waals surface area (Å²) in [5.41, 5.74) is 0. The number of nitrogens with one attached hydrogen (secondary N) is 2. The van der Waals surface area contributed by atoms with Crippen molar-refractivity contribution in [3.63, 3.8) is 0 Å². The van der Waals surface area contributed by atoms with E-state index in [1.165, 1.54) is 25.4 Å². The van der Waals surface area contributed by atoms with Crippen molar-refractivity contribution in [2.45, 2.75) is 11.6 Å². The zero-order valence-electron chi connectivity index (χ0n) is 10.0. The number of amides is 1. The van der Waals surface area contributed by atoms with E-state index in [0.29, 0.717) is 5.76 Å². The molecule has 0 saturated carbocycles. The van der Waals surface area contributed by atoms with E-state index in [9.17, 15) is 13.2 Å². The van der Waals surface area contributed by atoms with Gasteiger partial charge >= 0.3 is 0 Å². The van der Waals surface area contributed by atoms with Gasteiger partial charge in [-0.3, -0.25) is 4.79 Å². The molecular formula is C11H12N2O5S. The minimum atomic E-state index is -3.68. The first kappa shape index (κ1) is 13.4. The number of hydrogen-bond donors (Lipinski definition) is 2. The Bertz CT molecular complexity index is 657. The van der Waals surface area contributed by atoms with Gasteiger partial charge < -0.3 is 14.2 Å². The van der Waals surface area contributed by atoms with Crippen molar-refractivity contribution in [1.82, 2.24) is 10.0 Å². The molecule has 0 aliphatic carbocycles. The molecule has 2 aromatic heterocycles. The number of furan rings is 2. The van der Waals surface area contributed by atoms with E-state index < -0.39 is 15.9 Å². The number of carbonyl (C=O) groups is 1. The highest BCUT2D eigenvalue weighted by Gasteiger charge is 2.19. The second-order valence-corrected chi connectivity index (χ2v) is 5.41. The molecule has 0 fully saturated rings. The average Bonchev–Trinajstić information content (AvgIpc) is 3.07. The highest BCUT2D eigenvalue weighted by Crippen LogP contribution is 2.13. The van der Waals surface area contributed by atoms with Crippen molar-refractivity contribution in [2.75, 3.05) is 7.05 Å². The summed E-state index contributed by atoms with van der Waals surface area (Å²) in [7, 11) is -2.43. The fourth-order valence-electron chi connectivity index (χ4n) is 1.35. The summed E-state index contributed by atoms with van der Waals surface area (Å²) < 4.78 is 35.0. The third-order valence-corrected chi connectivity index (χ3v) is 3.63. The van der Waals surface area contributed by atoms with Gasteiger partial charge in [0.1, 0.15) is 5.76 Å². The van der Waals surface area contributed by atoms with Crippen molar-refractivity contribution < 1.29 is 22.0 Å². The Labute approximate surface area is 109 Å². The van der Waals surface area contributed by atoms with Crippen LogP contribution in [0.5, 0.6) is 0 Å². The Kier molecular flexibility index (Phi) is 3.72. The first-order valence-corrected chi connectivity index (χ1v) is 6.85. The molecule has 7 nitrogen and oxygen atoms in total. The molecule has 19 heavy (non-hydrogen) atoms. The van der Waals surface area contributed by atoms with Gasteiger partial charge in [0, 0.05) is 0 Å². The van der Waals surface area contributed by atoms with Crippen LogP contribution in [-0.2, 0) is 16.6 Å². The molecule has 2 rings (SSSR count). The van der Waals surface area contributed by atoms with E-state index >= 15 is 0 Å². The lowest BCUT2D eigenvalue weighted by atomic mass is 10.4. The molecule has 2 aromatic rings. The normalized spacial score (nSPS) is 11.4. The fourth-order valence-corrected chi connectivity index (χ4v) is 2.00. The molecule has 0 atom stereocenters. The summed E-state index contributed by atoms with van der Waals surface area (Å²) in [5.74, 6) is -0.0164. The Morgan fingerprint density at radius 3 is 2.74 bits per heavy atom. The van der Waals surface area contributed by atoms with Gasteiger partial charge in [-0.1, -0.05) is 0 Å². The highest BCUT2D eigenvalue weighted by molar-refractivity contribution is 7.89. The molecular weight excluding hydrogens is 272 g/mol. The summed E-state index contributed by atoms with van der Waals surface area (Å²) >= 11 is 0. The molecule has 2 N–H and O–H groups in total. The standard InChI is InChI=1S/C11H12N2O5S/c1-12-19(15,16)10-5-4-9(18-10)11(14)13-7-8-3-2-6-17-8/h2-6,12H,7H2,1H3,(H,13,14). The van der Waals surface area contributed by atoms with Gasteiger partial charge in [0.05, 0.1) is 12.8 Å². The van der Waals surface area contributed by atoms with E-state index in [4.69, 9.17) is 8.83 Å². The van der Waals surface area contributed by atoms with Crippen LogP contribution in [0.25, 0.3) is 0 Å². The van der Waals surface area contributed by atoms with Crippen molar-refractivity contribution in [3.05, 3.63) is 42.0 Å². The summed E-state index contributed by atoms with van der Waals surface area (Å²) in [5, 5.41) is 2.24. The SMILES string of the molecule is CNS(=O)(=O)c1ccc(C(=O)NCc2ccco2)o1. The van der Waals surface area contributed by atoms with Gasteiger partial charge in [-0.2, -0.15) is 0 Å². The third-order valence-electron chi connectivity index (χ3n) is 2.34. The minimum Gasteiger partial charge on any atom is -0.467 e. The molecule has 0 bridgehead atoms. The van der Waals surface area contributed by atoms with Crippen LogP contribution in [0.15, 0.2) is 44.5 Å². The summed E-state index contributed by atoms with van der Waals surface area (Å²) in [4.78, 5) is 11.7. The summed E-state index contributed by atoms with van der Waals surface area (Å²) in [6.45, 7) is 0.195. The molecule has 8 heteroatoms. The van der Waals surface area contributed by atoms with Crippen molar-refractivity contribution in [2.24, 2.45) is 0 Å².